The highest BCUT2D eigenvalue weighted by atomic mass is 32.2. The number of fused-ring (bicyclic) bond motifs is 1. The molecular weight excluding hydrogens is 452 g/mol. The first kappa shape index (κ1) is 23.6. The van der Waals surface area contributed by atoms with E-state index in [9.17, 15) is 18.5 Å². The van der Waals surface area contributed by atoms with Gasteiger partial charge in [-0.2, -0.15) is 14.7 Å². The van der Waals surface area contributed by atoms with Crippen molar-refractivity contribution in [3.8, 4) is 6.07 Å². The van der Waals surface area contributed by atoms with Gasteiger partial charge in [-0.25, -0.2) is 17.9 Å². The van der Waals surface area contributed by atoms with Gasteiger partial charge in [-0.05, 0) is 37.5 Å². The number of carbonyl (C=O) groups excluding carboxylic acids is 1. The highest BCUT2D eigenvalue weighted by molar-refractivity contribution is 7.92. The molecule has 0 radical (unpaired) electrons. The summed E-state index contributed by atoms with van der Waals surface area (Å²) >= 11 is 0. The number of hydrogen-bond donors (Lipinski definition) is 0. The average Bonchev–Trinajstić information content (AvgIpc) is 3.26. The number of hydrogen-bond acceptors (Lipinski definition) is 6. The highest BCUT2D eigenvalue weighted by Gasteiger charge is 2.27. The smallest absolute Gasteiger partial charge is 0.236 e. The summed E-state index contributed by atoms with van der Waals surface area (Å²) in [5.74, 6) is -0.0195. The fourth-order valence-electron chi connectivity index (χ4n) is 4.15. The van der Waals surface area contributed by atoms with E-state index in [0.717, 1.165) is 22.5 Å². The van der Waals surface area contributed by atoms with Crippen LogP contribution in [-0.4, -0.2) is 64.3 Å². The van der Waals surface area contributed by atoms with Gasteiger partial charge in [0.25, 0.3) is 0 Å². The van der Waals surface area contributed by atoms with Gasteiger partial charge in [0.15, 0.2) is 5.65 Å². The molecule has 3 aromatic rings. The van der Waals surface area contributed by atoms with E-state index < -0.39 is 10.0 Å². The lowest BCUT2D eigenvalue weighted by Crippen LogP contribution is -2.50. The van der Waals surface area contributed by atoms with E-state index in [1.54, 1.807) is 15.5 Å². The van der Waals surface area contributed by atoms with Crippen LogP contribution in [0.4, 0.5) is 0 Å². The third-order valence-corrected chi connectivity index (χ3v) is 7.67. The van der Waals surface area contributed by atoms with Crippen molar-refractivity contribution in [3.05, 3.63) is 70.0 Å². The van der Waals surface area contributed by atoms with E-state index in [0.29, 0.717) is 37.1 Å². The molecule has 4 rings (SSSR count). The number of amides is 1. The second-order valence-corrected chi connectivity index (χ2v) is 10.0. The van der Waals surface area contributed by atoms with Crippen LogP contribution in [0.15, 0.2) is 41.9 Å². The van der Waals surface area contributed by atoms with Crippen molar-refractivity contribution in [1.29, 1.82) is 5.26 Å². The molecule has 9 nitrogen and oxygen atoms in total. The van der Waals surface area contributed by atoms with Crippen LogP contribution < -0.4 is 0 Å². The molecule has 1 aromatic carbocycles. The van der Waals surface area contributed by atoms with Crippen molar-refractivity contribution in [3.63, 3.8) is 0 Å². The molecule has 0 bridgehead atoms. The lowest BCUT2D eigenvalue weighted by atomic mass is 10.1. The Labute approximate surface area is 199 Å². The third-order valence-electron chi connectivity index (χ3n) is 6.10. The SMILES string of the molecule is Cc1nc2c(C#N)cnn2c(C)c1CCC(=O)N1CCN(S(=O)(=O)/C=C/c2ccccc2)CC1. The van der Waals surface area contributed by atoms with Crippen LogP contribution in [-0.2, 0) is 21.2 Å². The minimum Gasteiger partial charge on any atom is -0.340 e. The van der Waals surface area contributed by atoms with Crippen LogP contribution in [0.5, 0.6) is 0 Å². The van der Waals surface area contributed by atoms with Gasteiger partial charge in [0, 0.05) is 49.4 Å². The quantitative estimate of drug-likeness (QED) is 0.537. The molecule has 1 fully saturated rings. The van der Waals surface area contributed by atoms with Crippen LogP contribution in [0.25, 0.3) is 11.7 Å². The monoisotopic (exact) mass is 478 g/mol. The Hall–Kier alpha value is -3.55. The molecule has 176 valence electrons. The molecule has 34 heavy (non-hydrogen) atoms. The predicted molar refractivity (Wildman–Crippen MR) is 128 cm³/mol. The van der Waals surface area contributed by atoms with Crippen LogP contribution >= 0.6 is 0 Å². The number of aryl methyl sites for hydroxylation is 2. The number of rotatable bonds is 6. The van der Waals surface area contributed by atoms with E-state index in [-0.39, 0.29) is 19.0 Å². The van der Waals surface area contributed by atoms with Gasteiger partial charge in [0.2, 0.25) is 15.9 Å². The van der Waals surface area contributed by atoms with Gasteiger partial charge in [-0.15, -0.1) is 0 Å². The maximum atomic E-state index is 12.8. The summed E-state index contributed by atoms with van der Waals surface area (Å²) in [5, 5.41) is 14.7. The lowest BCUT2D eigenvalue weighted by Gasteiger charge is -2.33. The largest absolute Gasteiger partial charge is 0.340 e. The molecule has 0 unspecified atom stereocenters. The first-order valence-corrected chi connectivity index (χ1v) is 12.6. The molecule has 10 heteroatoms. The van der Waals surface area contributed by atoms with Gasteiger partial charge in [-0.3, -0.25) is 4.79 Å². The summed E-state index contributed by atoms with van der Waals surface area (Å²) in [7, 11) is -3.54. The average molecular weight is 479 g/mol. The summed E-state index contributed by atoms with van der Waals surface area (Å²) in [4.78, 5) is 19.1. The Bertz CT molecular complexity index is 1380. The van der Waals surface area contributed by atoms with Crippen LogP contribution in [0.3, 0.4) is 0 Å². The Morgan fingerprint density at radius 1 is 1.15 bits per heavy atom. The van der Waals surface area contributed by atoms with Crippen molar-refractivity contribution in [2.45, 2.75) is 26.7 Å². The first-order valence-electron chi connectivity index (χ1n) is 11.0. The van der Waals surface area contributed by atoms with Crippen LogP contribution in [0.1, 0.15) is 34.5 Å². The summed E-state index contributed by atoms with van der Waals surface area (Å²) in [6.45, 7) is 5.02. The number of aromatic nitrogens is 3. The van der Waals surface area contributed by atoms with Gasteiger partial charge >= 0.3 is 0 Å². The van der Waals surface area contributed by atoms with Crippen molar-refractivity contribution in [1.82, 2.24) is 23.8 Å². The lowest BCUT2D eigenvalue weighted by molar-refractivity contribution is -0.132. The molecule has 1 amide bonds. The number of sulfonamides is 1. The zero-order chi connectivity index (χ0) is 24.3. The number of piperazine rings is 1. The van der Waals surface area contributed by atoms with E-state index in [2.05, 4.69) is 16.2 Å². The molecular formula is C24H26N6O3S. The number of nitriles is 1. The van der Waals surface area contributed by atoms with Gasteiger partial charge in [0.05, 0.1) is 6.20 Å². The zero-order valence-electron chi connectivity index (χ0n) is 19.2. The summed E-state index contributed by atoms with van der Waals surface area (Å²) < 4.78 is 28.4. The second kappa shape index (κ2) is 9.75. The molecule has 3 heterocycles. The van der Waals surface area contributed by atoms with Crippen molar-refractivity contribution < 1.29 is 13.2 Å². The predicted octanol–water partition coefficient (Wildman–Crippen LogP) is 2.30. The fourth-order valence-corrected chi connectivity index (χ4v) is 5.32. The number of nitrogens with zero attached hydrogens (tertiary/aromatic N) is 6. The highest BCUT2D eigenvalue weighted by Crippen LogP contribution is 2.19. The minimum atomic E-state index is -3.54. The maximum Gasteiger partial charge on any atom is 0.236 e. The molecule has 0 atom stereocenters. The molecule has 1 saturated heterocycles. The molecule has 1 aliphatic rings. The van der Waals surface area contributed by atoms with Crippen molar-refractivity contribution in [2.24, 2.45) is 0 Å². The fraction of sp³-hybridized carbons (Fsp3) is 0.333. The Balaban J connectivity index is 1.35. The maximum absolute atomic E-state index is 12.8. The van der Waals surface area contributed by atoms with Gasteiger partial charge in [0.1, 0.15) is 11.6 Å². The topological polar surface area (TPSA) is 112 Å². The van der Waals surface area contributed by atoms with E-state index in [4.69, 9.17) is 0 Å². The normalized spacial score (nSPS) is 15.1. The zero-order valence-corrected chi connectivity index (χ0v) is 20.0. The third kappa shape index (κ3) is 4.85. The minimum absolute atomic E-state index is 0.0195. The van der Waals surface area contributed by atoms with Crippen LogP contribution in [0, 0.1) is 25.2 Å². The van der Waals surface area contributed by atoms with E-state index in [1.807, 2.05) is 44.2 Å². The molecule has 0 spiro atoms. The Morgan fingerprint density at radius 3 is 2.53 bits per heavy atom. The Kier molecular flexibility index (Phi) is 6.77. The molecule has 0 saturated carbocycles. The standard InChI is InChI=1S/C24H26N6O3S/c1-18-22(19(2)30-24(27-18)21(16-25)17-26-30)8-9-23(31)28-11-13-29(14-12-28)34(32,33)15-10-20-6-4-3-5-7-20/h3-7,10,15,17H,8-9,11-14H2,1-2H3/b15-10+. The second-order valence-electron chi connectivity index (χ2n) is 8.20. The summed E-state index contributed by atoms with van der Waals surface area (Å²) in [6, 6.07) is 11.4. The summed E-state index contributed by atoms with van der Waals surface area (Å²) in [6.07, 6.45) is 3.87. The molecule has 1 aliphatic heterocycles. The Morgan fingerprint density at radius 2 is 1.85 bits per heavy atom. The van der Waals surface area contributed by atoms with Crippen molar-refractivity contribution in [2.75, 3.05) is 26.2 Å². The first-order chi connectivity index (χ1) is 16.3. The number of carbonyl (C=O) groups is 1. The molecule has 0 N–H and O–H groups in total. The van der Waals surface area contributed by atoms with Crippen molar-refractivity contribution >= 4 is 27.7 Å². The molecule has 2 aromatic heterocycles. The van der Waals surface area contributed by atoms with E-state index >= 15 is 0 Å². The molecule has 0 aliphatic carbocycles. The van der Waals surface area contributed by atoms with E-state index in [1.165, 1.54) is 15.9 Å². The van der Waals surface area contributed by atoms with Gasteiger partial charge in [-0.1, -0.05) is 30.3 Å². The summed E-state index contributed by atoms with van der Waals surface area (Å²) in [5.41, 5.74) is 4.32. The van der Waals surface area contributed by atoms with Crippen LogP contribution in [0.2, 0.25) is 0 Å². The number of benzene rings is 1. The van der Waals surface area contributed by atoms with Gasteiger partial charge < -0.3 is 4.90 Å².